The van der Waals surface area contributed by atoms with Crippen LogP contribution in [0.15, 0.2) is 287 Å². The van der Waals surface area contributed by atoms with Gasteiger partial charge in [0.15, 0.2) is 0 Å². The van der Waals surface area contributed by atoms with Crippen LogP contribution in [-0.2, 0) is 0 Å². The standard InChI is InChI=1S/C75H45N3O3.B/c1-4-16-58(55(13-1)49-28-34-67(76-43-49)46-25-31-64-61-19-7-10-22-70(61)79-73(64)40-46)52-37-53(59-17-5-2-14-56(59)50-29-35-68(77-44-50)47-26-32-65-62-20-8-11-23-71(62)80-74(65)41-47)39-54(38-52)60-18-6-3-15-57(60)51-30-36-69(78-45-51)48-27-33-66-63-21-9-12-24-72(63)81-75(66)42-48;/h1-45H;. The maximum absolute atomic E-state index is 6.26. The molecule has 6 aromatic heterocycles. The maximum Gasteiger partial charge on any atom is 0.136 e. The largest absolute Gasteiger partial charge is 0.456 e. The van der Waals surface area contributed by atoms with Gasteiger partial charge in [0.2, 0.25) is 0 Å². The summed E-state index contributed by atoms with van der Waals surface area (Å²) in [7, 11) is 0. The molecule has 0 bridgehead atoms. The molecule has 0 saturated heterocycles. The number of para-hydroxylation sites is 3. The molecule has 0 aliphatic rings. The molecule has 0 fully saturated rings. The number of aromatic nitrogens is 3. The first-order valence-electron chi connectivity index (χ1n) is 27.2. The van der Waals surface area contributed by atoms with Gasteiger partial charge in [-0.3, -0.25) is 15.0 Å². The topological polar surface area (TPSA) is 78.1 Å². The Morgan fingerprint density at radius 2 is 0.439 bits per heavy atom. The molecular weight excluding hydrogens is 1000 g/mol. The van der Waals surface area contributed by atoms with Crippen LogP contribution in [0.4, 0.5) is 0 Å². The number of furan rings is 3. The van der Waals surface area contributed by atoms with Crippen molar-refractivity contribution in [1.82, 2.24) is 15.0 Å². The molecule has 82 heavy (non-hydrogen) atoms. The third-order valence-electron chi connectivity index (χ3n) is 15.9. The minimum absolute atomic E-state index is 0. The molecule has 7 heteroatoms. The number of fused-ring (bicyclic) bond motifs is 9. The van der Waals surface area contributed by atoms with Crippen LogP contribution in [0.3, 0.4) is 0 Å². The summed E-state index contributed by atoms with van der Waals surface area (Å²) in [5.41, 5.74) is 23.6. The number of hydrogen-bond acceptors (Lipinski definition) is 6. The molecule has 3 radical (unpaired) electrons. The SMILES string of the molecule is [B].c1ccc(-c2cc(-c3ccccc3-c3ccc(-c4ccc5c(c4)oc4ccccc45)nc3)cc(-c3ccccc3-c3ccc(-c4ccc5c(c4)oc4ccccc45)nc3)c2)c(-c2ccc(-c3ccc4c(c3)oc3ccccc34)nc2)c1. The summed E-state index contributed by atoms with van der Waals surface area (Å²) in [5, 5.41) is 6.62. The van der Waals surface area contributed by atoms with Gasteiger partial charge in [0.1, 0.15) is 33.5 Å². The maximum atomic E-state index is 6.26. The molecule has 0 spiro atoms. The van der Waals surface area contributed by atoms with Crippen molar-refractivity contribution in [3.8, 4) is 101 Å². The fourth-order valence-corrected chi connectivity index (χ4v) is 11.9. The van der Waals surface area contributed by atoms with Gasteiger partial charge >= 0.3 is 0 Å². The molecule has 0 unspecified atom stereocenters. The summed E-state index contributed by atoms with van der Waals surface area (Å²) in [5.74, 6) is 0. The highest BCUT2D eigenvalue weighted by Gasteiger charge is 2.19. The van der Waals surface area contributed by atoms with Gasteiger partial charge in [0, 0.05) is 92.7 Å². The number of rotatable bonds is 9. The molecule has 0 aliphatic heterocycles. The predicted molar refractivity (Wildman–Crippen MR) is 336 cm³/mol. The Hall–Kier alpha value is -10.9. The van der Waals surface area contributed by atoms with Crippen molar-refractivity contribution in [3.63, 3.8) is 0 Å². The van der Waals surface area contributed by atoms with E-state index in [1.54, 1.807) is 0 Å². The van der Waals surface area contributed by atoms with E-state index < -0.39 is 0 Å². The average molecular weight is 1050 g/mol. The van der Waals surface area contributed by atoms with E-state index >= 15 is 0 Å². The molecule has 16 aromatic rings. The summed E-state index contributed by atoms with van der Waals surface area (Å²) >= 11 is 0. The van der Waals surface area contributed by atoms with Crippen LogP contribution in [0.25, 0.3) is 166 Å². The Morgan fingerprint density at radius 3 is 0.720 bits per heavy atom. The van der Waals surface area contributed by atoms with Gasteiger partial charge in [0.05, 0.1) is 17.1 Å². The summed E-state index contributed by atoms with van der Waals surface area (Å²) in [6.45, 7) is 0. The zero-order valence-electron chi connectivity index (χ0n) is 44.1. The molecule has 381 valence electrons. The van der Waals surface area contributed by atoms with Gasteiger partial charge in [-0.15, -0.1) is 0 Å². The second-order valence-electron chi connectivity index (χ2n) is 20.7. The first-order chi connectivity index (χ1) is 40.1. The lowest BCUT2D eigenvalue weighted by Gasteiger charge is -2.18. The van der Waals surface area contributed by atoms with Crippen molar-refractivity contribution in [2.75, 3.05) is 0 Å². The van der Waals surface area contributed by atoms with Crippen LogP contribution in [0.5, 0.6) is 0 Å². The Kier molecular flexibility index (Phi) is 11.6. The number of pyridine rings is 3. The lowest BCUT2D eigenvalue weighted by atomic mass is 9.86. The summed E-state index contributed by atoms with van der Waals surface area (Å²) < 4.78 is 18.8. The van der Waals surface area contributed by atoms with Gasteiger partial charge in [-0.1, -0.05) is 164 Å². The molecule has 0 aliphatic carbocycles. The predicted octanol–water partition coefficient (Wildman–Crippen LogP) is 20.2. The van der Waals surface area contributed by atoms with Crippen LogP contribution in [0.1, 0.15) is 0 Å². The summed E-state index contributed by atoms with van der Waals surface area (Å²) in [6.07, 6.45) is 5.97. The molecular formula is C75H45BN3O3. The van der Waals surface area contributed by atoms with Crippen LogP contribution < -0.4 is 0 Å². The van der Waals surface area contributed by atoms with E-state index in [1.807, 2.05) is 73.2 Å². The average Bonchev–Trinajstić information content (AvgIpc) is 4.33. The highest BCUT2D eigenvalue weighted by molar-refractivity contribution is 6.08. The first kappa shape index (κ1) is 48.3. The molecule has 16 rings (SSSR count). The van der Waals surface area contributed by atoms with Gasteiger partial charge in [-0.05, 0) is 141 Å². The van der Waals surface area contributed by atoms with E-state index in [1.165, 1.54) is 0 Å². The minimum atomic E-state index is 0. The van der Waals surface area contributed by atoms with E-state index in [2.05, 4.69) is 200 Å². The first-order valence-corrected chi connectivity index (χ1v) is 27.2. The smallest absolute Gasteiger partial charge is 0.136 e. The normalized spacial score (nSPS) is 11.6. The number of hydrogen-bond donors (Lipinski definition) is 0. The zero-order chi connectivity index (χ0) is 53.4. The summed E-state index contributed by atoms with van der Waals surface area (Å²) in [4.78, 5) is 15.2. The molecule has 0 atom stereocenters. The van der Waals surface area contributed by atoms with E-state index in [4.69, 9.17) is 28.2 Å². The molecule has 6 heterocycles. The quantitative estimate of drug-likeness (QED) is 0.134. The van der Waals surface area contributed by atoms with Crippen molar-refractivity contribution in [2.24, 2.45) is 0 Å². The van der Waals surface area contributed by atoms with E-state index in [0.29, 0.717) is 0 Å². The van der Waals surface area contributed by atoms with Crippen LogP contribution in [0.2, 0.25) is 0 Å². The zero-order valence-corrected chi connectivity index (χ0v) is 44.1. The fourth-order valence-electron chi connectivity index (χ4n) is 11.9. The molecule has 10 aromatic carbocycles. The van der Waals surface area contributed by atoms with E-state index in [9.17, 15) is 0 Å². The van der Waals surface area contributed by atoms with Gasteiger partial charge in [-0.2, -0.15) is 0 Å². The second kappa shape index (κ2) is 19.8. The van der Waals surface area contributed by atoms with Crippen LogP contribution in [0, 0.1) is 0 Å². The minimum Gasteiger partial charge on any atom is -0.456 e. The second-order valence-corrected chi connectivity index (χ2v) is 20.7. The monoisotopic (exact) mass is 1050 g/mol. The van der Waals surface area contributed by atoms with Gasteiger partial charge in [0.25, 0.3) is 0 Å². The number of nitrogens with zero attached hydrogens (tertiary/aromatic N) is 3. The highest BCUT2D eigenvalue weighted by Crippen LogP contribution is 2.44. The van der Waals surface area contributed by atoms with Crippen molar-refractivity contribution in [1.29, 1.82) is 0 Å². The van der Waals surface area contributed by atoms with E-state index in [0.717, 1.165) is 166 Å². The Labute approximate surface area is 473 Å². The molecule has 0 N–H and O–H groups in total. The van der Waals surface area contributed by atoms with Crippen molar-refractivity contribution < 1.29 is 13.3 Å². The van der Waals surface area contributed by atoms with Crippen molar-refractivity contribution in [3.05, 3.63) is 273 Å². The van der Waals surface area contributed by atoms with Crippen LogP contribution >= 0.6 is 0 Å². The van der Waals surface area contributed by atoms with Gasteiger partial charge < -0.3 is 13.3 Å². The molecule has 0 saturated carbocycles. The van der Waals surface area contributed by atoms with E-state index in [-0.39, 0.29) is 8.41 Å². The van der Waals surface area contributed by atoms with Crippen molar-refractivity contribution in [2.45, 2.75) is 0 Å². The third-order valence-corrected chi connectivity index (χ3v) is 15.9. The fraction of sp³-hybridized carbons (Fsp3) is 0. The van der Waals surface area contributed by atoms with Gasteiger partial charge in [-0.25, -0.2) is 0 Å². The lowest BCUT2D eigenvalue weighted by Crippen LogP contribution is -1.93. The van der Waals surface area contributed by atoms with Crippen molar-refractivity contribution >= 4 is 74.2 Å². The third kappa shape index (κ3) is 8.34. The Balaban J connectivity index is 0.00000576. The van der Waals surface area contributed by atoms with Crippen LogP contribution in [-0.4, -0.2) is 23.4 Å². The Bertz CT molecular complexity index is 4590. The molecule has 6 nitrogen and oxygen atoms in total. The lowest BCUT2D eigenvalue weighted by molar-refractivity contribution is 0.668. The summed E-state index contributed by atoms with van der Waals surface area (Å²) in [6, 6.07) is 89.3. The highest BCUT2D eigenvalue weighted by atomic mass is 16.3. The number of benzene rings is 10. The molecule has 0 amide bonds. The Morgan fingerprint density at radius 1 is 0.195 bits per heavy atom.